The number of benzene rings is 1. The van der Waals surface area contributed by atoms with Crippen molar-refractivity contribution in [2.75, 3.05) is 19.7 Å². The van der Waals surface area contributed by atoms with E-state index in [2.05, 4.69) is 18.0 Å². The van der Waals surface area contributed by atoms with Gasteiger partial charge in [-0.05, 0) is 49.6 Å². The monoisotopic (exact) mass is 310 g/mol. The van der Waals surface area contributed by atoms with Gasteiger partial charge in [-0.15, -0.1) is 0 Å². The third-order valence-corrected chi connectivity index (χ3v) is 4.21. The molecule has 1 atom stereocenters. The van der Waals surface area contributed by atoms with Gasteiger partial charge in [-0.3, -0.25) is 9.78 Å². The first-order valence-corrected chi connectivity index (χ1v) is 8.11. The predicted octanol–water partition coefficient (Wildman–Crippen LogP) is 3.32. The zero-order valence-corrected chi connectivity index (χ0v) is 13.4. The van der Waals surface area contributed by atoms with Crippen LogP contribution < -0.4 is 4.74 Å². The minimum atomic E-state index is 0.0904. The third-order valence-electron chi connectivity index (χ3n) is 4.21. The van der Waals surface area contributed by atoms with Gasteiger partial charge in [-0.2, -0.15) is 0 Å². The maximum Gasteiger partial charge on any atom is 0.253 e. The average Bonchev–Trinajstić information content (AvgIpc) is 2.60. The largest absolute Gasteiger partial charge is 0.493 e. The molecular formula is C19H22N2O2. The lowest BCUT2D eigenvalue weighted by Gasteiger charge is -2.32. The molecule has 2 aromatic rings. The summed E-state index contributed by atoms with van der Waals surface area (Å²) < 4.78 is 5.91. The first kappa shape index (κ1) is 15.5. The molecule has 0 bridgehead atoms. The lowest BCUT2D eigenvalue weighted by molar-refractivity contribution is 0.0633. The number of amides is 1. The van der Waals surface area contributed by atoms with Crippen LogP contribution in [0.15, 0.2) is 48.8 Å². The fraction of sp³-hybridized carbons (Fsp3) is 0.368. The van der Waals surface area contributed by atoms with E-state index in [1.807, 2.05) is 23.1 Å². The first-order chi connectivity index (χ1) is 11.2. The maximum atomic E-state index is 12.5. The van der Waals surface area contributed by atoms with Gasteiger partial charge in [-0.25, -0.2) is 0 Å². The van der Waals surface area contributed by atoms with Crippen LogP contribution in [0.25, 0.3) is 0 Å². The summed E-state index contributed by atoms with van der Waals surface area (Å²) in [7, 11) is 0. The molecule has 1 saturated heterocycles. The Hall–Kier alpha value is -2.36. The van der Waals surface area contributed by atoms with Gasteiger partial charge < -0.3 is 9.64 Å². The van der Waals surface area contributed by atoms with Gasteiger partial charge >= 0.3 is 0 Å². The van der Waals surface area contributed by atoms with Gasteiger partial charge in [0.15, 0.2) is 0 Å². The molecule has 1 fully saturated rings. The average molecular weight is 310 g/mol. The predicted molar refractivity (Wildman–Crippen MR) is 89.5 cm³/mol. The zero-order valence-electron chi connectivity index (χ0n) is 13.4. The van der Waals surface area contributed by atoms with E-state index in [0.717, 1.165) is 31.7 Å². The summed E-state index contributed by atoms with van der Waals surface area (Å²) >= 11 is 0. The summed E-state index contributed by atoms with van der Waals surface area (Å²) in [6.07, 6.45) is 5.45. The number of hydrogen-bond donors (Lipinski definition) is 0. The Kier molecular flexibility index (Phi) is 4.91. The Bertz CT molecular complexity index is 657. The summed E-state index contributed by atoms with van der Waals surface area (Å²) in [4.78, 5) is 18.4. The number of pyridine rings is 1. The van der Waals surface area contributed by atoms with E-state index in [1.54, 1.807) is 24.5 Å². The van der Waals surface area contributed by atoms with E-state index in [4.69, 9.17) is 4.74 Å². The van der Waals surface area contributed by atoms with Crippen molar-refractivity contribution < 1.29 is 9.53 Å². The number of piperidine rings is 1. The second-order valence-electron chi connectivity index (χ2n) is 6.12. The van der Waals surface area contributed by atoms with Crippen LogP contribution in [-0.4, -0.2) is 35.5 Å². The Morgan fingerprint density at radius 1 is 1.30 bits per heavy atom. The normalized spacial score (nSPS) is 17.8. The Morgan fingerprint density at radius 3 is 2.91 bits per heavy atom. The fourth-order valence-corrected chi connectivity index (χ4v) is 2.98. The molecule has 0 aliphatic carbocycles. The van der Waals surface area contributed by atoms with Crippen LogP contribution in [0.1, 0.15) is 28.8 Å². The zero-order chi connectivity index (χ0) is 16.1. The van der Waals surface area contributed by atoms with Crippen LogP contribution in [0.3, 0.4) is 0 Å². The second kappa shape index (κ2) is 7.27. The highest BCUT2D eigenvalue weighted by Crippen LogP contribution is 2.20. The van der Waals surface area contributed by atoms with Crippen LogP contribution >= 0.6 is 0 Å². The molecule has 1 amide bonds. The van der Waals surface area contributed by atoms with Crippen LogP contribution in [0.5, 0.6) is 5.75 Å². The molecule has 0 radical (unpaired) electrons. The standard InChI is InChI=1S/C19H22N2O2/c1-15-4-2-6-18(12-15)23-14-16-5-3-11-21(13-16)19(22)17-7-9-20-10-8-17/h2,4,6-10,12,16H,3,5,11,13-14H2,1H3. The third kappa shape index (κ3) is 4.09. The van der Waals surface area contributed by atoms with Gasteiger partial charge in [0.25, 0.3) is 5.91 Å². The van der Waals surface area contributed by atoms with Crippen molar-refractivity contribution in [2.24, 2.45) is 5.92 Å². The molecule has 1 aliphatic rings. The van der Waals surface area contributed by atoms with Gasteiger partial charge in [0.05, 0.1) is 6.61 Å². The number of rotatable bonds is 4. The van der Waals surface area contributed by atoms with E-state index in [0.29, 0.717) is 18.1 Å². The van der Waals surface area contributed by atoms with Crippen molar-refractivity contribution >= 4 is 5.91 Å². The van der Waals surface area contributed by atoms with Crippen molar-refractivity contribution in [3.63, 3.8) is 0 Å². The van der Waals surface area contributed by atoms with E-state index >= 15 is 0 Å². The van der Waals surface area contributed by atoms with Crippen molar-refractivity contribution in [3.05, 3.63) is 59.9 Å². The fourth-order valence-electron chi connectivity index (χ4n) is 2.98. The number of aryl methyl sites for hydroxylation is 1. The molecule has 4 nitrogen and oxygen atoms in total. The van der Waals surface area contributed by atoms with Gasteiger partial charge in [0.2, 0.25) is 0 Å². The highest BCUT2D eigenvalue weighted by atomic mass is 16.5. The summed E-state index contributed by atoms with van der Waals surface area (Å²) in [6, 6.07) is 11.6. The lowest BCUT2D eigenvalue weighted by Crippen LogP contribution is -2.41. The molecule has 1 unspecified atom stereocenters. The highest BCUT2D eigenvalue weighted by molar-refractivity contribution is 5.94. The number of ether oxygens (including phenoxy) is 1. The van der Waals surface area contributed by atoms with E-state index in [1.165, 1.54) is 5.56 Å². The number of hydrogen-bond acceptors (Lipinski definition) is 3. The minimum Gasteiger partial charge on any atom is -0.493 e. The highest BCUT2D eigenvalue weighted by Gasteiger charge is 2.24. The van der Waals surface area contributed by atoms with Crippen LogP contribution in [0.2, 0.25) is 0 Å². The van der Waals surface area contributed by atoms with Gasteiger partial charge in [0.1, 0.15) is 5.75 Å². The second-order valence-corrected chi connectivity index (χ2v) is 6.12. The number of carbonyl (C=O) groups is 1. The first-order valence-electron chi connectivity index (χ1n) is 8.11. The molecule has 1 aliphatic heterocycles. The molecular weight excluding hydrogens is 288 g/mol. The molecule has 3 rings (SSSR count). The number of aromatic nitrogens is 1. The smallest absolute Gasteiger partial charge is 0.253 e. The Morgan fingerprint density at radius 2 is 2.13 bits per heavy atom. The lowest BCUT2D eigenvalue weighted by atomic mass is 9.98. The molecule has 23 heavy (non-hydrogen) atoms. The van der Waals surface area contributed by atoms with E-state index in [9.17, 15) is 4.79 Å². The van der Waals surface area contributed by atoms with E-state index < -0.39 is 0 Å². The molecule has 4 heteroatoms. The summed E-state index contributed by atoms with van der Waals surface area (Å²) in [5, 5.41) is 0. The summed E-state index contributed by atoms with van der Waals surface area (Å²) in [6.45, 7) is 4.29. The summed E-state index contributed by atoms with van der Waals surface area (Å²) in [5.41, 5.74) is 1.90. The van der Waals surface area contributed by atoms with Gasteiger partial charge in [-0.1, -0.05) is 12.1 Å². The van der Waals surface area contributed by atoms with E-state index in [-0.39, 0.29) is 5.91 Å². The molecule has 120 valence electrons. The van der Waals surface area contributed by atoms with Crippen molar-refractivity contribution in [3.8, 4) is 5.75 Å². The molecule has 1 aromatic carbocycles. The Labute approximate surface area is 137 Å². The molecule has 1 aromatic heterocycles. The number of likely N-dealkylation sites (tertiary alicyclic amines) is 1. The quantitative estimate of drug-likeness (QED) is 0.870. The maximum absolute atomic E-state index is 12.5. The molecule has 0 saturated carbocycles. The molecule has 2 heterocycles. The van der Waals surface area contributed by atoms with Crippen molar-refractivity contribution in [1.29, 1.82) is 0 Å². The van der Waals surface area contributed by atoms with Crippen LogP contribution in [-0.2, 0) is 0 Å². The van der Waals surface area contributed by atoms with Gasteiger partial charge in [0, 0.05) is 37.0 Å². The molecule has 0 spiro atoms. The van der Waals surface area contributed by atoms with Crippen molar-refractivity contribution in [2.45, 2.75) is 19.8 Å². The number of carbonyl (C=O) groups excluding carboxylic acids is 1. The summed E-state index contributed by atoms with van der Waals surface area (Å²) in [5.74, 6) is 1.38. The number of nitrogens with zero attached hydrogens (tertiary/aromatic N) is 2. The Balaban J connectivity index is 1.57. The van der Waals surface area contributed by atoms with Crippen LogP contribution in [0, 0.1) is 12.8 Å². The SMILES string of the molecule is Cc1cccc(OCC2CCCN(C(=O)c3ccncc3)C2)c1. The molecule has 0 N–H and O–H groups in total. The van der Waals surface area contributed by atoms with Crippen LogP contribution in [0.4, 0.5) is 0 Å². The minimum absolute atomic E-state index is 0.0904. The topological polar surface area (TPSA) is 42.4 Å². The van der Waals surface area contributed by atoms with Crippen molar-refractivity contribution in [1.82, 2.24) is 9.88 Å².